The highest BCUT2D eigenvalue weighted by molar-refractivity contribution is 5.82. The molecule has 0 unspecified atom stereocenters. The van der Waals surface area contributed by atoms with E-state index in [0.29, 0.717) is 11.3 Å². The Balaban J connectivity index is 1.87. The molecule has 8 heteroatoms. The van der Waals surface area contributed by atoms with Crippen LogP contribution < -0.4 is 15.7 Å². The Kier molecular flexibility index (Phi) is 6.03. The second kappa shape index (κ2) is 8.84. The summed E-state index contributed by atoms with van der Waals surface area (Å²) in [6, 6.07) is 14.5. The molecule has 3 aromatic rings. The lowest BCUT2D eigenvalue weighted by Crippen LogP contribution is -2.16. The molecule has 0 aliphatic rings. The van der Waals surface area contributed by atoms with E-state index >= 15 is 0 Å². The fourth-order valence-corrected chi connectivity index (χ4v) is 2.97. The molecule has 8 nitrogen and oxygen atoms in total. The minimum Gasteiger partial charge on any atom is -0.426 e. The van der Waals surface area contributed by atoms with Crippen LogP contribution in [-0.4, -0.2) is 22.2 Å². The maximum absolute atomic E-state index is 12.3. The first kappa shape index (κ1) is 20.5. The molecule has 1 aromatic heterocycles. The second-order valence-electron chi connectivity index (χ2n) is 6.56. The first-order valence-corrected chi connectivity index (χ1v) is 9.07. The Morgan fingerprint density at radius 2 is 1.90 bits per heavy atom. The summed E-state index contributed by atoms with van der Waals surface area (Å²) in [5.41, 5.74) is 5.36. The lowest BCUT2D eigenvalue weighted by molar-refractivity contribution is -0.131. The summed E-state index contributed by atoms with van der Waals surface area (Å²) in [7, 11) is 0. The van der Waals surface area contributed by atoms with Gasteiger partial charge in [-0.3, -0.25) is 14.6 Å². The number of aryl methyl sites for hydroxylation is 2. The number of nitrogens with zero attached hydrogens (tertiary/aromatic N) is 3. The smallest absolute Gasteiger partial charge is 0.308 e. The Hall–Kier alpha value is -4.25. The van der Waals surface area contributed by atoms with Gasteiger partial charge in [0.25, 0.3) is 5.56 Å². The average Bonchev–Trinajstić information content (AvgIpc) is 2.71. The molecule has 2 N–H and O–H groups in total. The van der Waals surface area contributed by atoms with Crippen LogP contribution in [0.25, 0.3) is 11.3 Å². The Morgan fingerprint density at radius 1 is 1.23 bits per heavy atom. The predicted molar refractivity (Wildman–Crippen MR) is 113 cm³/mol. The summed E-state index contributed by atoms with van der Waals surface area (Å²) in [5.74, 6) is 0.256. The van der Waals surface area contributed by atoms with Crippen LogP contribution in [0.3, 0.4) is 0 Å². The van der Waals surface area contributed by atoms with Crippen molar-refractivity contribution in [2.75, 3.05) is 5.43 Å². The molecular weight excluding hydrogens is 382 g/mol. The van der Waals surface area contributed by atoms with Crippen molar-refractivity contribution in [2.24, 2.45) is 5.10 Å². The molecule has 0 fully saturated rings. The second-order valence-corrected chi connectivity index (χ2v) is 6.56. The number of carbonyl (C=O) groups is 1. The van der Waals surface area contributed by atoms with E-state index in [1.54, 1.807) is 30.5 Å². The standard InChI is InChI=1S/C22H19N5O3/c1-13-9-16(10-14(2)20(13)30-15(3)28)12-24-27-22-25-19(17-7-5-4-6-8-17)18(11-23)21(29)26-22/h4-10,12H,1-3H3,(H2,25,26,27,29). The van der Waals surface area contributed by atoms with E-state index in [4.69, 9.17) is 4.74 Å². The highest BCUT2D eigenvalue weighted by Crippen LogP contribution is 2.24. The molecule has 1 heterocycles. The SMILES string of the molecule is CC(=O)Oc1c(C)cc(C=NNc2nc(-c3ccccc3)c(C#N)c(=O)[nH]2)cc1C. The highest BCUT2D eigenvalue weighted by Gasteiger charge is 2.13. The number of H-pyrrole nitrogens is 1. The van der Waals surface area contributed by atoms with Gasteiger partial charge in [-0.15, -0.1) is 0 Å². The van der Waals surface area contributed by atoms with Gasteiger partial charge in [0.1, 0.15) is 17.4 Å². The minimum atomic E-state index is -0.554. The predicted octanol–water partition coefficient (Wildman–Crippen LogP) is 3.30. The van der Waals surface area contributed by atoms with Crippen molar-refractivity contribution >= 4 is 18.1 Å². The van der Waals surface area contributed by atoms with Crippen LogP contribution in [0.15, 0.2) is 52.4 Å². The molecule has 2 aromatic carbocycles. The largest absolute Gasteiger partial charge is 0.426 e. The molecule has 0 bridgehead atoms. The third-order valence-corrected chi connectivity index (χ3v) is 4.19. The molecular formula is C22H19N5O3. The third kappa shape index (κ3) is 4.59. The molecule has 0 saturated heterocycles. The number of aromatic nitrogens is 2. The van der Waals surface area contributed by atoms with E-state index in [0.717, 1.165) is 16.7 Å². The maximum atomic E-state index is 12.3. The summed E-state index contributed by atoms with van der Waals surface area (Å²) in [6.07, 6.45) is 1.55. The number of carbonyl (C=O) groups excluding carboxylic acids is 1. The number of hydrogen-bond acceptors (Lipinski definition) is 7. The third-order valence-electron chi connectivity index (χ3n) is 4.19. The van der Waals surface area contributed by atoms with Crippen LogP contribution in [0, 0.1) is 25.2 Å². The van der Waals surface area contributed by atoms with Crippen molar-refractivity contribution in [2.45, 2.75) is 20.8 Å². The number of nitriles is 1. The van der Waals surface area contributed by atoms with E-state index in [1.165, 1.54) is 6.92 Å². The number of aromatic amines is 1. The summed E-state index contributed by atoms with van der Waals surface area (Å²) >= 11 is 0. The Morgan fingerprint density at radius 3 is 2.50 bits per heavy atom. The van der Waals surface area contributed by atoms with Gasteiger partial charge in [0, 0.05) is 12.5 Å². The van der Waals surface area contributed by atoms with Gasteiger partial charge in [0.15, 0.2) is 0 Å². The van der Waals surface area contributed by atoms with Crippen molar-refractivity contribution in [3.63, 3.8) is 0 Å². The Labute approximate surface area is 172 Å². The molecule has 0 saturated carbocycles. The number of ether oxygens (including phenoxy) is 1. The van der Waals surface area contributed by atoms with Crippen LogP contribution >= 0.6 is 0 Å². The van der Waals surface area contributed by atoms with Crippen LogP contribution in [0.5, 0.6) is 5.75 Å². The quantitative estimate of drug-likeness (QED) is 0.293. The molecule has 0 aliphatic carbocycles. The van der Waals surface area contributed by atoms with Crippen molar-refractivity contribution in [1.29, 1.82) is 5.26 Å². The van der Waals surface area contributed by atoms with E-state index in [9.17, 15) is 14.9 Å². The average molecular weight is 401 g/mol. The van der Waals surface area contributed by atoms with E-state index in [1.807, 2.05) is 38.1 Å². The highest BCUT2D eigenvalue weighted by atomic mass is 16.5. The lowest BCUT2D eigenvalue weighted by atomic mass is 10.1. The molecule has 0 spiro atoms. The minimum absolute atomic E-state index is 0.0666. The zero-order chi connectivity index (χ0) is 21.7. The van der Waals surface area contributed by atoms with Gasteiger partial charge in [0.2, 0.25) is 5.95 Å². The number of nitrogens with one attached hydrogen (secondary N) is 2. The molecule has 3 rings (SSSR count). The van der Waals surface area contributed by atoms with Gasteiger partial charge in [0.05, 0.1) is 11.9 Å². The van der Waals surface area contributed by atoms with E-state index < -0.39 is 5.56 Å². The Bertz CT molecular complexity index is 1200. The molecule has 30 heavy (non-hydrogen) atoms. The summed E-state index contributed by atoms with van der Waals surface area (Å²) in [5, 5.41) is 13.4. The van der Waals surface area contributed by atoms with Crippen LogP contribution in [0.1, 0.15) is 29.2 Å². The first-order valence-electron chi connectivity index (χ1n) is 9.07. The lowest BCUT2D eigenvalue weighted by Gasteiger charge is -2.10. The normalized spacial score (nSPS) is 10.6. The van der Waals surface area contributed by atoms with Crippen LogP contribution in [-0.2, 0) is 4.79 Å². The number of hydrazone groups is 1. The molecule has 0 aliphatic heterocycles. The van der Waals surface area contributed by atoms with Gasteiger partial charge >= 0.3 is 5.97 Å². The topological polar surface area (TPSA) is 120 Å². The molecule has 0 radical (unpaired) electrons. The van der Waals surface area contributed by atoms with Crippen LogP contribution in [0.4, 0.5) is 5.95 Å². The fraction of sp³-hybridized carbons (Fsp3) is 0.136. The van der Waals surface area contributed by atoms with E-state index in [-0.39, 0.29) is 23.2 Å². The monoisotopic (exact) mass is 401 g/mol. The zero-order valence-electron chi connectivity index (χ0n) is 16.7. The summed E-state index contributed by atoms with van der Waals surface area (Å²) in [4.78, 5) is 30.3. The first-order chi connectivity index (χ1) is 14.4. The van der Waals surface area contributed by atoms with Gasteiger partial charge in [-0.25, -0.2) is 10.4 Å². The summed E-state index contributed by atoms with van der Waals surface area (Å²) in [6.45, 7) is 5.02. The van der Waals surface area contributed by atoms with Crippen molar-refractivity contribution in [1.82, 2.24) is 9.97 Å². The molecule has 0 amide bonds. The maximum Gasteiger partial charge on any atom is 0.308 e. The van der Waals surface area contributed by atoms with Crippen molar-refractivity contribution < 1.29 is 9.53 Å². The van der Waals surface area contributed by atoms with Crippen molar-refractivity contribution in [3.05, 3.63) is 75.1 Å². The van der Waals surface area contributed by atoms with E-state index in [2.05, 4.69) is 20.5 Å². The number of esters is 1. The molecule has 150 valence electrons. The van der Waals surface area contributed by atoms with Crippen molar-refractivity contribution in [3.8, 4) is 23.1 Å². The van der Waals surface area contributed by atoms with Gasteiger partial charge < -0.3 is 4.74 Å². The number of benzene rings is 2. The number of hydrogen-bond donors (Lipinski definition) is 2. The van der Waals surface area contributed by atoms with Gasteiger partial charge in [-0.2, -0.15) is 10.4 Å². The zero-order valence-corrected chi connectivity index (χ0v) is 16.7. The summed E-state index contributed by atoms with van der Waals surface area (Å²) < 4.78 is 5.22. The number of anilines is 1. The van der Waals surface area contributed by atoms with Crippen LogP contribution in [0.2, 0.25) is 0 Å². The fourth-order valence-electron chi connectivity index (χ4n) is 2.97. The van der Waals surface area contributed by atoms with Gasteiger partial charge in [-0.1, -0.05) is 30.3 Å². The molecule has 0 atom stereocenters. The van der Waals surface area contributed by atoms with Gasteiger partial charge in [-0.05, 0) is 42.7 Å². The number of rotatable bonds is 5.